The van der Waals surface area contributed by atoms with Gasteiger partial charge in [0.25, 0.3) is 0 Å². The van der Waals surface area contributed by atoms with Crippen LogP contribution in [-0.2, 0) is 33.6 Å². The molecule has 2 atom stereocenters. The molecule has 0 aromatic rings. The number of carbonyl (C=O) groups is 7. The van der Waals surface area contributed by atoms with E-state index in [2.05, 4.69) is 5.32 Å². The van der Waals surface area contributed by atoms with E-state index in [1.54, 1.807) is 6.92 Å². The number of likely N-dealkylation sites (tertiary alicyclic amines) is 2. The van der Waals surface area contributed by atoms with E-state index in [0.29, 0.717) is 18.7 Å². The second-order valence-corrected chi connectivity index (χ2v) is 10.2. The van der Waals surface area contributed by atoms with Crippen LogP contribution in [0.3, 0.4) is 0 Å². The summed E-state index contributed by atoms with van der Waals surface area (Å²) in [4.78, 5) is 82.3. The number of nitrogens with one attached hydrogen (secondary N) is 1. The molecular weight excluding hydrogens is 494 g/mol. The van der Waals surface area contributed by atoms with Crippen molar-refractivity contribution in [3.63, 3.8) is 0 Å². The monoisotopic (exact) mass is 531 g/mol. The third kappa shape index (κ3) is 10.5. The first-order chi connectivity index (χ1) is 16.0. The highest BCUT2D eigenvalue weighted by molar-refractivity contribution is 8.01. The summed E-state index contributed by atoms with van der Waals surface area (Å²) < 4.78 is 0. The number of hydrogen-bond acceptors (Lipinski definition) is 9. The number of rotatable bonds is 12. The van der Waals surface area contributed by atoms with Gasteiger partial charge in [-0.05, 0) is 13.3 Å². The van der Waals surface area contributed by atoms with Crippen molar-refractivity contribution in [1.82, 2.24) is 15.1 Å². The van der Waals surface area contributed by atoms with E-state index in [9.17, 15) is 33.6 Å². The Kier molecular flexibility index (Phi) is 15.4. The average molecular weight is 532 g/mol. The maximum atomic E-state index is 11.9. The Bertz CT molecular complexity index is 819. The van der Waals surface area contributed by atoms with E-state index in [-0.39, 0.29) is 78.9 Å². The molecule has 0 radical (unpaired) electrons. The summed E-state index contributed by atoms with van der Waals surface area (Å²) in [5.74, 6) is -0.772. The minimum Gasteiger partial charge on any atom is -0.358 e. The fourth-order valence-corrected chi connectivity index (χ4v) is 5.03. The van der Waals surface area contributed by atoms with Gasteiger partial charge in [-0.25, -0.2) is 0 Å². The van der Waals surface area contributed by atoms with E-state index in [4.69, 9.17) is 0 Å². The highest BCUT2D eigenvalue weighted by atomic mass is 32.2. The first-order valence-electron chi connectivity index (χ1n) is 11.2. The number of Topliss-reactive ketones (excluding diaryl/α,β-unsaturated/α-hetero) is 2. The SMILES string of the molecule is C.CCC(=O)CN1C(=O)CC(SCC(=O)NC)C1=O.CCCCN1C(=O)CC(SCC(C)=O)C1=O. The van der Waals surface area contributed by atoms with Crippen LogP contribution in [-0.4, -0.2) is 93.0 Å². The summed E-state index contributed by atoms with van der Waals surface area (Å²) in [6.45, 7) is 5.57. The van der Waals surface area contributed by atoms with Crippen LogP contribution in [0.2, 0.25) is 0 Å². The number of carbonyl (C=O) groups excluding carboxylic acids is 7. The lowest BCUT2D eigenvalue weighted by Gasteiger charge is -2.13. The Balaban J connectivity index is 0.000000646. The minimum absolute atomic E-state index is 0. The van der Waals surface area contributed by atoms with Gasteiger partial charge < -0.3 is 5.32 Å². The van der Waals surface area contributed by atoms with Gasteiger partial charge in [0.15, 0.2) is 5.78 Å². The average Bonchev–Trinajstić information content (AvgIpc) is 3.23. The number of unbranched alkanes of at least 4 members (excludes halogenated alkanes) is 1. The number of imide groups is 2. The number of ketones is 2. The van der Waals surface area contributed by atoms with Crippen LogP contribution in [0.4, 0.5) is 0 Å². The summed E-state index contributed by atoms with van der Waals surface area (Å²) in [5.41, 5.74) is 0. The smallest absolute Gasteiger partial charge is 0.243 e. The minimum atomic E-state index is -0.542. The summed E-state index contributed by atoms with van der Waals surface area (Å²) in [5, 5.41) is 1.56. The number of amides is 5. The van der Waals surface area contributed by atoms with Crippen LogP contribution < -0.4 is 5.32 Å². The van der Waals surface area contributed by atoms with E-state index in [1.165, 1.54) is 30.6 Å². The Hall–Kier alpha value is -2.21. The van der Waals surface area contributed by atoms with Crippen LogP contribution in [0.15, 0.2) is 0 Å². The standard InChI is InChI=1S/C11H16N2O4S.C11H17NO3S.CH4/c1-3-7(14)5-13-10(16)4-8(11(13)17)18-6-9(15)12-2;1-3-4-5-12-10(14)6-9(11(12)15)16-7-8(2)13;/h8H,3-6H2,1-2H3,(H,12,15);9H,3-7H2,1-2H3;1H4. The zero-order valence-electron chi connectivity index (χ0n) is 20.1. The van der Waals surface area contributed by atoms with Crippen molar-refractivity contribution < 1.29 is 33.6 Å². The van der Waals surface area contributed by atoms with Crippen molar-refractivity contribution in [2.75, 3.05) is 31.6 Å². The molecule has 198 valence electrons. The zero-order valence-corrected chi connectivity index (χ0v) is 21.7. The van der Waals surface area contributed by atoms with Crippen molar-refractivity contribution in [3.05, 3.63) is 0 Å². The molecule has 12 heteroatoms. The summed E-state index contributed by atoms with van der Waals surface area (Å²) >= 11 is 2.41. The fourth-order valence-electron chi connectivity index (χ4n) is 3.04. The van der Waals surface area contributed by atoms with E-state index in [1.807, 2.05) is 6.92 Å². The molecular formula is C23H37N3O7S2. The molecule has 5 amide bonds. The van der Waals surface area contributed by atoms with Gasteiger partial charge in [-0.3, -0.25) is 43.4 Å². The normalized spacial score (nSPS) is 19.3. The van der Waals surface area contributed by atoms with Gasteiger partial charge in [-0.2, -0.15) is 0 Å². The lowest BCUT2D eigenvalue weighted by molar-refractivity contribution is -0.142. The van der Waals surface area contributed by atoms with Crippen LogP contribution >= 0.6 is 23.5 Å². The number of hydrogen-bond donors (Lipinski definition) is 1. The first-order valence-corrected chi connectivity index (χ1v) is 13.3. The lowest BCUT2D eigenvalue weighted by atomic mass is 10.3. The molecule has 2 saturated heterocycles. The predicted octanol–water partition coefficient (Wildman–Crippen LogP) is 1.44. The zero-order chi connectivity index (χ0) is 25.8. The number of nitrogens with zero attached hydrogens (tertiary/aromatic N) is 2. The number of thioether (sulfide) groups is 2. The van der Waals surface area contributed by atoms with Gasteiger partial charge in [0, 0.05) is 32.9 Å². The third-order valence-corrected chi connectivity index (χ3v) is 7.59. The fraction of sp³-hybridized carbons (Fsp3) is 0.696. The second kappa shape index (κ2) is 16.5. The van der Waals surface area contributed by atoms with Crippen LogP contribution in [0, 0.1) is 0 Å². The van der Waals surface area contributed by atoms with E-state index in [0.717, 1.165) is 29.5 Å². The van der Waals surface area contributed by atoms with E-state index < -0.39 is 5.25 Å². The molecule has 35 heavy (non-hydrogen) atoms. The summed E-state index contributed by atoms with van der Waals surface area (Å²) in [7, 11) is 1.51. The Labute approximate surface area is 215 Å². The molecule has 1 N–H and O–H groups in total. The Morgan fingerprint density at radius 1 is 0.914 bits per heavy atom. The third-order valence-electron chi connectivity index (χ3n) is 5.05. The largest absolute Gasteiger partial charge is 0.358 e. The Morgan fingerprint density at radius 3 is 1.91 bits per heavy atom. The molecule has 2 fully saturated rings. The molecule has 0 spiro atoms. The molecule has 2 unspecified atom stereocenters. The van der Waals surface area contributed by atoms with Gasteiger partial charge in [0.05, 0.1) is 28.6 Å². The molecule has 0 bridgehead atoms. The summed E-state index contributed by atoms with van der Waals surface area (Å²) in [6.07, 6.45) is 2.43. The second-order valence-electron chi connectivity index (χ2n) is 7.83. The topological polar surface area (TPSA) is 138 Å². The first kappa shape index (κ1) is 32.8. The van der Waals surface area contributed by atoms with Crippen molar-refractivity contribution in [2.45, 2.75) is 70.8 Å². The van der Waals surface area contributed by atoms with Gasteiger partial charge in [0.1, 0.15) is 5.78 Å². The quantitative estimate of drug-likeness (QED) is 0.371. The van der Waals surface area contributed by atoms with Gasteiger partial charge >= 0.3 is 0 Å². The maximum Gasteiger partial charge on any atom is 0.243 e. The molecule has 2 aliphatic rings. The molecule has 2 rings (SSSR count). The van der Waals surface area contributed by atoms with Gasteiger partial charge in [0.2, 0.25) is 29.5 Å². The summed E-state index contributed by atoms with van der Waals surface area (Å²) in [6, 6.07) is 0. The highest BCUT2D eigenvalue weighted by Gasteiger charge is 2.40. The molecule has 2 aliphatic heterocycles. The predicted molar refractivity (Wildman–Crippen MR) is 137 cm³/mol. The molecule has 0 saturated carbocycles. The molecule has 0 aliphatic carbocycles. The maximum absolute atomic E-state index is 11.9. The van der Waals surface area contributed by atoms with Crippen molar-refractivity contribution in [2.24, 2.45) is 0 Å². The molecule has 0 aromatic carbocycles. The van der Waals surface area contributed by atoms with Crippen molar-refractivity contribution in [1.29, 1.82) is 0 Å². The van der Waals surface area contributed by atoms with Crippen molar-refractivity contribution >= 4 is 64.6 Å². The van der Waals surface area contributed by atoms with Crippen LogP contribution in [0.1, 0.15) is 60.3 Å². The van der Waals surface area contributed by atoms with Gasteiger partial charge in [-0.15, -0.1) is 23.5 Å². The van der Waals surface area contributed by atoms with Gasteiger partial charge in [-0.1, -0.05) is 27.7 Å². The molecule has 2 heterocycles. The highest BCUT2D eigenvalue weighted by Crippen LogP contribution is 2.26. The van der Waals surface area contributed by atoms with Crippen molar-refractivity contribution in [3.8, 4) is 0 Å². The molecule has 10 nitrogen and oxygen atoms in total. The Morgan fingerprint density at radius 2 is 1.43 bits per heavy atom. The lowest BCUT2D eigenvalue weighted by Crippen LogP contribution is -2.36. The molecule has 0 aromatic heterocycles. The van der Waals surface area contributed by atoms with Crippen LogP contribution in [0.5, 0.6) is 0 Å². The van der Waals surface area contributed by atoms with E-state index >= 15 is 0 Å². The van der Waals surface area contributed by atoms with Crippen LogP contribution in [0.25, 0.3) is 0 Å².